The van der Waals surface area contributed by atoms with Gasteiger partial charge in [0, 0.05) is 24.5 Å². The van der Waals surface area contributed by atoms with Crippen LogP contribution in [0.5, 0.6) is 0 Å². The average Bonchev–Trinajstić information content (AvgIpc) is 2.49. The second-order valence-electron chi connectivity index (χ2n) is 4.44. The molecule has 0 aliphatic rings. The average molecular weight is 308 g/mol. The van der Waals surface area contributed by atoms with E-state index in [-0.39, 0.29) is 0 Å². The highest BCUT2D eigenvalue weighted by molar-refractivity contribution is 6.03. The molecule has 0 saturated carbocycles. The van der Waals surface area contributed by atoms with E-state index in [0.717, 1.165) is 0 Å². The van der Waals surface area contributed by atoms with Gasteiger partial charge in [-0.05, 0) is 39.8 Å². The van der Waals surface area contributed by atoms with Crippen molar-refractivity contribution in [1.82, 2.24) is 0 Å². The highest BCUT2D eigenvalue weighted by Crippen LogP contribution is 2.27. The second-order valence-corrected chi connectivity index (χ2v) is 4.44. The third kappa shape index (κ3) is 4.38. The number of anilines is 2. The van der Waals surface area contributed by atoms with Crippen molar-refractivity contribution in [2.75, 3.05) is 36.9 Å². The van der Waals surface area contributed by atoms with Crippen LogP contribution in [-0.4, -0.2) is 38.2 Å². The lowest BCUT2D eigenvalue weighted by atomic mass is 10.1. The van der Waals surface area contributed by atoms with Crippen LogP contribution >= 0.6 is 0 Å². The van der Waals surface area contributed by atoms with Crippen LogP contribution in [0.15, 0.2) is 12.1 Å². The molecule has 1 aromatic rings. The topological polar surface area (TPSA) is 76.7 Å². The predicted octanol–water partition coefficient (Wildman–Crippen LogP) is 2.90. The van der Waals surface area contributed by atoms with Crippen molar-refractivity contribution in [2.45, 2.75) is 27.7 Å². The van der Waals surface area contributed by atoms with Crippen LogP contribution in [-0.2, 0) is 9.47 Å². The second kappa shape index (κ2) is 8.92. The van der Waals surface area contributed by atoms with Gasteiger partial charge in [0.15, 0.2) is 0 Å². The fourth-order valence-electron chi connectivity index (χ4n) is 2.03. The number of ether oxygens (including phenoxy) is 2. The molecule has 22 heavy (non-hydrogen) atoms. The molecule has 0 aliphatic carbocycles. The van der Waals surface area contributed by atoms with Crippen LogP contribution in [0, 0.1) is 0 Å². The van der Waals surface area contributed by atoms with Gasteiger partial charge in [-0.2, -0.15) is 0 Å². The lowest BCUT2D eigenvalue weighted by Gasteiger charge is -2.16. The Labute approximate surface area is 131 Å². The normalized spacial score (nSPS) is 10.0. The van der Waals surface area contributed by atoms with Gasteiger partial charge in [-0.1, -0.05) is 0 Å². The SMILES string of the molecule is CCNc1cc(C(=O)OCC)c(NCC)cc1C(=O)OCC. The van der Waals surface area contributed by atoms with Gasteiger partial charge < -0.3 is 20.1 Å². The molecule has 0 aliphatic heterocycles. The van der Waals surface area contributed by atoms with E-state index in [4.69, 9.17) is 9.47 Å². The lowest BCUT2D eigenvalue weighted by Crippen LogP contribution is -2.15. The van der Waals surface area contributed by atoms with E-state index in [1.54, 1.807) is 26.0 Å². The summed E-state index contributed by atoms with van der Waals surface area (Å²) in [5.74, 6) is -0.846. The molecular formula is C16H24N2O4. The molecule has 6 nitrogen and oxygen atoms in total. The van der Waals surface area contributed by atoms with Crippen LogP contribution in [0.4, 0.5) is 11.4 Å². The van der Waals surface area contributed by atoms with Crippen molar-refractivity contribution in [3.8, 4) is 0 Å². The third-order valence-corrected chi connectivity index (χ3v) is 2.88. The monoisotopic (exact) mass is 308 g/mol. The Hall–Kier alpha value is -2.24. The van der Waals surface area contributed by atoms with Gasteiger partial charge in [-0.25, -0.2) is 9.59 Å². The highest BCUT2D eigenvalue weighted by atomic mass is 16.5. The molecule has 6 heteroatoms. The molecule has 2 N–H and O–H groups in total. The standard InChI is InChI=1S/C16H24N2O4/c1-5-17-13-9-12(16(20)22-8-4)14(18-6-2)10-11(13)15(19)21-7-3/h9-10,17-18H,5-8H2,1-4H3. The molecule has 0 fully saturated rings. The molecule has 0 radical (unpaired) electrons. The van der Waals surface area contributed by atoms with Gasteiger partial charge in [0.25, 0.3) is 0 Å². The molecule has 0 unspecified atom stereocenters. The fraction of sp³-hybridized carbons (Fsp3) is 0.500. The summed E-state index contributed by atoms with van der Waals surface area (Å²) in [5.41, 5.74) is 1.91. The maximum atomic E-state index is 12.1. The first-order valence-electron chi connectivity index (χ1n) is 7.58. The molecule has 0 amide bonds. The molecule has 1 rings (SSSR count). The van der Waals surface area contributed by atoms with E-state index in [1.165, 1.54) is 0 Å². The van der Waals surface area contributed by atoms with Crippen LogP contribution < -0.4 is 10.6 Å². The first-order chi connectivity index (χ1) is 10.6. The summed E-state index contributed by atoms with van der Waals surface area (Å²) in [4.78, 5) is 24.2. The fourth-order valence-corrected chi connectivity index (χ4v) is 2.03. The van der Waals surface area contributed by atoms with E-state index in [1.807, 2.05) is 13.8 Å². The van der Waals surface area contributed by atoms with Crippen molar-refractivity contribution in [1.29, 1.82) is 0 Å². The predicted molar refractivity (Wildman–Crippen MR) is 86.7 cm³/mol. The number of hydrogen-bond donors (Lipinski definition) is 2. The molecule has 0 aromatic heterocycles. The molecule has 0 saturated heterocycles. The summed E-state index contributed by atoms with van der Waals surface area (Å²) in [6, 6.07) is 3.26. The zero-order valence-electron chi connectivity index (χ0n) is 13.6. The largest absolute Gasteiger partial charge is 0.462 e. The van der Waals surface area contributed by atoms with Crippen LogP contribution in [0.2, 0.25) is 0 Å². The zero-order chi connectivity index (χ0) is 16.5. The highest BCUT2D eigenvalue weighted by Gasteiger charge is 2.20. The van der Waals surface area contributed by atoms with E-state index in [0.29, 0.717) is 48.8 Å². The van der Waals surface area contributed by atoms with E-state index < -0.39 is 11.9 Å². The summed E-state index contributed by atoms with van der Waals surface area (Å²) in [5, 5.41) is 6.17. The molecule has 1 aromatic carbocycles. The minimum absolute atomic E-state index is 0.292. The number of hydrogen-bond acceptors (Lipinski definition) is 6. The summed E-state index contributed by atoms with van der Waals surface area (Å²) < 4.78 is 10.1. The van der Waals surface area contributed by atoms with Crippen molar-refractivity contribution < 1.29 is 19.1 Å². The van der Waals surface area contributed by atoms with Crippen LogP contribution in [0.25, 0.3) is 0 Å². The summed E-state index contributed by atoms with van der Waals surface area (Å²) in [6.07, 6.45) is 0. The Balaban J connectivity index is 3.35. The number of carbonyl (C=O) groups excluding carboxylic acids is 2. The van der Waals surface area contributed by atoms with Gasteiger partial charge in [-0.3, -0.25) is 0 Å². The molecule has 0 bridgehead atoms. The first-order valence-corrected chi connectivity index (χ1v) is 7.58. The zero-order valence-corrected chi connectivity index (χ0v) is 13.6. The quantitative estimate of drug-likeness (QED) is 0.719. The van der Waals surface area contributed by atoms with E-state index >= 15 is 0 Å². The minimum atomic E-state index is -0.423. The number of esters is 2. The molecule has 0 atom stereocenters. The Morgan fingerprint density at radius 2 is 1.18 bits per heavy atom. The number of rotatable bonds is 8. The van der Waals surface area contributed by atoms with Crippen molar-refractivity contribution in [3.63, 3.8) is 0 Å². The Morgan fingerprint density at radius 1 is 0.818 bits per heavy atom. The van der Waals surface area contributed by atoms with Crippen molar-refractivity contribution in [2.24, 2.45) is 0 Å². The number of carbonyl (C=O) groups is 2. The van der Waals surface area contributed by atoms with Crippen LogP contribution in [0.3, 0.4) is 0 Å². The van der Waals surface area contributed by atoms with E-state index in [2.05, 4.69) is 10.6 Å². The maximum Gasteiger partial charge on any atom is 0.340 e. The Morgan fingerprint density at radius 3 is 1.45 bits per heavy atom. The molecule has 0 heterocycles. The first kappa shape index (κ1) is 17.8. The van der Waals surface area contributed by atoms with Gasteiger partial charge in [0.05, 0.1) is 24.3 Å². The number of nitrogens with one attached hydrogen (secondary N) is 2. The van der Waals surface area contributed by atoms with Crippen LogP contribution in [0.1, 0.15) is 48.4 Å². The van der Waals surface area contributed by atoms with Crippen molar-refractivity contribution in [3.05, 3.63) is 23.3 Å². The Bertz CT molecular complexity index is 481. The van der Waals surface area contributed by atoms with E-state index in [9.17, 15) is 9.59 Å². The van der Waals surface area contributed by atoms with Gasteiger partial charge >= 0.3 is 11.9 Å². The molecule has 0 spiro atoms. The summed E-state index contributed by atoms with van der Waals surface area (Å²) >= 11 is 0. The number of benzene rings is 1. The van der Waals surface area contributed by atoms with Gasteiger partial charge in [0.2, 0.25) is 0 Å². The maximum absolute atomic E-state index is 12.1. The van der Waals surface area contributed by atoms with Gasteiger partial charge in [0.1, 0.15) is 0 Å². The summed E-state index contributed by atoms with van der Waals surface area (Å²) in [7, 11) is 0. The third-order valence-electron chi connectivity index (χ3n) is 2.88. The molecular weight excluding hydrogens is 284 g/mol. The van der Waals surface area contributed by atoms with Gasteiger partial charge in [-0.15, -0.1) is 0 Å². The Kier molecular flexibility index (Phi) is 7.22. The lowest BCUT2D eigenvalue weighted by molar-refractivity contribution is 0.0513. The van der Waals surface area contributed by atoms with Crippen molar-refractivity contribution >= 4 is 23.3 Å². The minimum Gasteiger partial charge on any atom is -0.462 e. The molecule has 122 valence electrons. The summed E-state index contributed by atoms with van der Waals surface area (Å²) in [6.45, 7) is 9.16. The smallest absolute Gasteiger partial charge is 0.340 e.